The third-order valence-corrected chi connectivity index (χ3v) is 4.38. The highest BCUT2D eigenvalue weighted by Gasteiger charge is 2.40. The zero-order valence-electron chi connectivity index (χ0n) is 15.6. The monoisotopic (exact) mass is 365 g/mol. The Labute approximate surface area is 153 Å². The molecular weight excluding hydrogens is 338 g/mol. The Kier molecular flexibility index (Phi) is 7.41. The van der Waals surface area contributed by atoms with Crippen molar-refractivity contribution in [2.75, 3.05) is 26.9 Å². The standard InChI is InChI=1S/C19H27NO6/c1-14(16-7-9-17(23-3)10-8-16)20-26-11-5-4-6-15-12-24-19(2,18(21)22)25-13-15/h7-10,15H,4-6,11-13H2,1-3H3,(H,21,22). The maximum atomic E-state index is 11.0. The van der Waals surface area contributed by atoms with Crippen LogP contribution in [0.1, 0.15) is 38.7 Å². The van der Waals surface area contributed by atoms with Gasteiger partial charge < -0.3 is 24.2 Å². The van der Waals surface area contributed by atoms with E-state index >= 15 is 0 Å². The smallest absolute Gasteiger partial charge is 0.364 e. The lowest BCUT2D eigenvalue weighted by Gasteiger charge is -2.34. The van der Waals surface area contributed by atoms with E-state index in [1.54, 1.807) is 7.11 Å². The number of carbonyl (C=O) groups is 1. The molecule has 26 heavy (non-hydrogen) atoms. The van der Waals surface area contributed by atoms with Gasteiger partial charge >= 0.3 is 5.97 Å². The van der Waals surface area contributed by atoms with Crippen molar-refractivity contribution in [3.63, 3.8) is 0 Å². The number of oxime groups is 1. The quantitative estimate of drug-likeness (QED) is 0.411. The number of ether oxygens (including phenoxy) is 3. The highest BCUT2D eigenvalue weighted by molar-refractivity contribution is 5.98. The van der Waals surface area contributed by atoms with Gasteiger partial charge in [-0.15, -0.1) is 0 Å². The molecule has 7 nitrogen and oxygen atoms in total. The molecule has 1 heterocycles. The lowest BCUT2D eigenvalue weighted by molar-refractivity contribution is -0.271. The molecule has 1 fully saturated rings. The number of methoxy groups -OCH3 is 1. The number of unbranched alkanes of at least 4 members (excludes halogenated alkanes) is 1. The van der Waals surface area contributed by atoms with Gasteiger partial charge in [0.1, 0.15) is 12.4 Å². The molecule has 1 aromatic carbocycles. The number of hydrogen-bond acceptors (Lipinski definition) is 6. The van der Waals surface area contributed by atoms with Crippen molar-refractivity contribution in [2.45, 2.75) is 38.9 Å². The predicted molar refractivity (Wildman–Crippen MR) is 96.4 cm³/mol. The second kappa shape index (κ2) is 9.54. The zero-order chi connectivity index (χ0) is 19.0. The number of benzene rings is 1. The molecule has 1 saturated heterocycles. The number of carboxylic acids is 1. The van der Waals surface area contributed by atoms with Crippen molar-refractivity contribution in [1.82, 2.24) is 0 Å². The minimum absolute atomic E-state index is 0.215. The summed E-state index contributed by atoms with van der Waals surface area (Å²) in [6.45, 7) is 4.67. The van der Waals surface area contributed by atoms with Gasteiger partial charge in [0.05, 0.1) is 26.0 Å². The Morgan fingerprint density at radius 1 is 1.27 bits per heavy atom. The van der Waals surface area contributed by atoms with Gasteiger partial charge in [-0.3, -0.25) is 0 Å². The fraction of sp³-hybridized carbons (Fsp3) is 0.579. The van der Waals surface area contributed by atoms with Gasteiger partial charge in [-0.1, -0.05) is 5.16 Å². The lowest BCUT2D eigenvalue weighted by atomic mass is 10.0. The van der Waals surface area contributed by atoms with Crippen LogP contribution in [0.5, 0.6) is 5.75 Å². The molecule has 0 unspecified atom stereocenters. The number of rotatable bonds is 9. The molecule has 2 rings (SSSR count). The van der Waals surface area contributed by atoms with Crippen LogP contribution in [0.25, 0.3) is 0 Å². The van der Waals surface area contributed by atoms with Crippen LogP contribution in [0.3, 0.4) is 0 Å². The fourth-order valence-corrected chi connectivity index (χ4v) is 2.56. The van der Waals surface area contributed by atoms with Crippen LogP contribution in [0.15, 0.2) is 29.4 Å². The first-order chi connectivity index (χ1) is 12.4. The molecular formula is C19H27NO6. The third kappa shape index (κ3) is 5.71. The van der Waals surface area contributed by atoms with Crippen molar-refractivity contribution in [3.05, 3.63) is 29.8 Å². The van der Waals surface area contributed by atoms with Crippen LogP contribution in [0, 0.1) is 5.92 Å². The summed E-state index contributed by atoms with van der Waals surface area (Å²) in [5, 5.41) is 13.2. The molecule has 144 valence electrons. The van der Waals surface area contributed by atoms with Crippen LogP contribution >= 0.6 is 0 Å². The summed E-state index contributed by atoms with van der Waals surface area (Å²) in [6, 6.07) is 7.65. The first kappa shape index (κ1) is 20.2. The Hall–Kier alpha value is -2.12. The number of nitrogens with zero attached hydrogens (tertiary/aromatic N) is 1. The Morgan fingerprint density at radius 2 is 1.92 bits per heavy atom. The summed E-state index contributed by atoms with van der Waals surface area (Å²) in [5.41, 5.74) is 1.80. The Morgan fingerprint density at radius 3 is 2.50 bits per heavy atom. The molecule has 0 atom stereocenters. The molecule has 0 saturated carbocycles. The summed E-state index contributed by atoms with van der Waals surface area (Å²) in [5.74, 6) is -1.57. The molecule has 0 spiro atoms. The molecule has 1 N–H and O–H groups in total. The molecule has 1 aliphatic heterocycles. The summed E-state index contributed by atoms with van der Waals surface area (Å²) >= 11 is 0. The topological polar surface area (TPSA) is 86.6 Å². The van der Waals surface area contributed by atoms with Crippen LogP contribution in [-0.2, 0) is 19.1 Å². The molecule has 0 radical (unpaired) electrons. The molecule has 1 aromatic rings. The second-order valence-corrected chi connectivity index (χ2v) is 6.47. The Bertz CT molecular complexity index is 605. The van der Waals surface area contributed by atoms with Crippen molar-refractivity contribution >= 4 is 11.7 Å². The minimum Gasteiger partial charge on any atom is -0.497 e. The van der Waals surface area contributed by atoms with Gasteiger partial charge in [0, 0.05) is 12.8 Å². The van der Waals surface area contributed by atoms with E-state index in [4.69, 9.17) is 24.2 Å². The first-order valence-electron chi connectivity index (χ1n) is 8.77. The van der Waals surface area contributed by atoms with E-state index in [9.17, 15) is 4.79 Å². The van der Waals surface area contributed by atoms with Crippen LogP contribution in [0.2, 0.25) is 0 Å². The number of carboxylic acid groups (broad SMARTS) is 1. The van der Waals surface area contributed by atoms with Crippen molar-refractivity contribution < 1.29 is 28.9 Å². The summed E-state index contributed by atoms with van der Waals surface area (Å²) < 4.78 is 15.8. The van der Waals surface area contributed by atoms with Crippen LogP contribution in [-0.4, -0.2) is 49.5 Å². The number of aliphatic carboxylic acids is 1. The highest BCUT2D eigenvalue weighted by Crippen LogP contribution is 2.24. The SMILES string of the molecule is COc1ccc(C(C)=NOCCCCC2COC(C)(C(=O)O)OC2)cc1. The summed E-state index contributed by atoms with van der Waals surface area (Å²) in [4.78, 5) is 16.4. The van der Waals surface area contributed by atoms with E-state index in [1.807, 2.05) is 31.2 Å². The summed E-state index contributed by atoms with van der Waals surface area (Å²) in [7, 11) is 1.63. The van der Waals surface area contributed by atoms with Crippen molar-refractivity contribution in [2.24, 2.45) is 11.1 Å². The van der Waals surface area contributed by atoms with Gasteiger partial charge in [-0.05, 0) is 56.0 Å². The molecule has 1 aliphatic rings. The predicted octanol–water partition coefficient (Wildman–Crippen LogP) is 3.07. The second-order valence-electron chi connectivity index (χ2n) is 6.47. The van der Waals surface area contributed by atoms with E-state index < -0.39 is 11.8 Å². The maximum absolute atomic E-state index is 11.0. The van der Waals surface area contributed by atoms with Crippen LogP contribution < -0.4 is 4.74 Å². The summed E-state index contributed by atoms with van der Waals surface area (Å²) in [6.07, 6.45) is 2.71. The fourth-order valence-electron chi connectivity index (χ4n) is 2.56. The van der Waals surface area contributed by atoms with Crippen molar-refractivity contribution in [1.29, 1.82) is 0 Å². The normalized spacial score (nSPS) is 23.5. The average molecular weight is 365 g/mol. The Balaban J connectivity index is 1.61. The average Bonchev–Trinajstić information content (AvgIpc) is 2.65. The van der Waals surface area contributed by atoms with Gasteiger partial charge in [-0.2, -0.15) is 0 Å². The lowest BCUT2D eigenvalue weighted by Crippen LogP contribution is -2.47. The molecule has 0 bridgehead atoms. The van der Waals surface area contributed by atoms with E-state index in [0.717, 1.165) is 36.3 Å². The highest BCUT2D eigenvalue weighted by atomic mass is 16.7. The van der Waals surface area contributed by atoms with E-state index in [1.165, 1.54) is 6.92 Å². The van der Waals surface area contributed by atoms with E-state index in [-0.39, 0.29) is 5.92 Å². The van der Waals surface area contributed by atoms with Crippen LogP contribution in [0.4, 0.5) is 0 Å². The number of hydrogen-bond donors (Lipinski definition) is 1. The van der Waals surface area contributed by atoms with Gasteiger partial charge in [0.2, 0.25) is 0 Å². The molecule has 7 heteroatoms. The van der Waals surface area contributed by atoms with Gasteiger partial charge in [-0.25, -0.2) is 4.79 Å². The van der Waals surface area contributed by atoms with Gasteiger partial charge in [0.15, 0.2) is 0 Å². The van der Waals surface area contributed by atoms with E-state index in [2.05, 4.69) is 5.16 Å². The third-order valence-electron chi connectivity index (χ3n) is 4.38. The minimum atomic E-state index is -1.51. The molecule has 0 aromatic heterocycles. The molecule has 0 amide bonds. The van der Waals surface area contributed by atoms with Gasteiger partial charge in [0.25, 0.3) is 5.79 Å². The molecule has 0 aliphatic carbocycles. The van der Waals surface area contributed by atoms with E-state index in [0.29, 0.717) is 19.8 Å². The first-order valence-corrected chi connectivity index (χ1v) is 8.77. The largest absolute Gasteiger partial charge is 0.497 e. The zero-order valence-corrected chi connectivity index (χ0v) is 15.6. The maximum Gasteiger partial charge on any atom is 0.364 e. The van der Waals surface area contributed by atoms with Crippen molar-refractivity contribution in [3.8, 4) is 5.75 Å².